The summed E-state index contributed by atoms with van der Waals surface area (Å²) in [6, 6.07) is 10.1. The lowest BCUT2D eigenvalue weighted by Crippen LogP contribution is -2.40. The number of hydrogen-bond acceptors (Lipinski definition) is 1. The van der Waals surface area contributed by atoms with Crippen LogP contribution in [0.5, 0.6) is 0 Å². The fourth-order valence-electron chi connectivity index (χ4n) is 2.47. The lowest BCUT2D eigenvalue weighted by atomic mass is 9.95. The van der Waals surface area contributed by atoms with Gasteiger partial charge in [0.2, 0.25) is 5.91 Å². The van der Waals surface area contributed by atoms with Crippen molar-refractivity contribution in [1.82, 2.24) is 4.90 Å². The van der Waals surface area contributed by atoms with Crippen molar-refractivity contribution in [3.63, 3.8) is 0 Å². The van der Waals surface area contributed by atoms with Crippen LogP contribution in [0.2, 0.25) is 0 Å². The molecule has 1 fully saturated rings. The predicted octanol–water partition coefficient (Wildman–Crippen LogP) is 3.42. The lowest BCUT2D eigenvalue weighted by Gasteiger charge is -2.33. The molecule has 0 spiro atoms. The summed E-state index contributed by atoms with van der Waals surface area (Å²) in [7, 11) is 0. The molecule has 1 heterocycles. The van der Waals surface area contributed by atoms with Gasteiger partial charge in [-0.1, -0.05) is 46.3 Å². The van der Waals surface area contributed by atoms with Crippen LogP contribution in [0.3, 0.4) is 0 Å². The van der Waals surface area contributed by atoms with E-state index in [-0.39, 0.29) is 11.8 Å². The third-order valence-corrected chi connectivity index (χ3v) is 4.73. The second-order valence-electron chi connectivity index (χ2n) is 5.06. The van der Waals surface area contributed by atoms with Crippen molar-refractivity contribution in [2.75, 3.05) is 18.4 Å². The minimum atomic E-state index is -0.0216. The minimum Gasteiger partial charge on any atom is -0.342 e. The molecule has 98 valence electrons. The molecule has 2 nitrogen and oxygen atoms in total. The molecule has 18 heavy (non-hydrogen) atoms. The summed E-state index contributed by atoms with van der Waals surface area (Å²) >= 11 is 3.53. The Balaban J connectivity index is 1.96. The van der Waals surface area contributed by atoms with Gasteiger partial charge in [-0.2, -0.15) is 0 Å². The van der Waals surface area contributed by atoms with E-state index < -0.39 is 0 Å². The highest BCUT2D eigenvalue weighted by molar-refractivity contribution is 9.09. The van der Waals surface area contributed by atoms with Crippen LogP contribution < -0.4 is 0 Å². The molecular weight excluding hydrogens is 290 g/mol. The molecule has 1 unspecified atom stereocenters. The van der Waals surface area contributed by atoms with Gasteiger partial charge in [0, 0.05) is 18.4 Å². The van der Waals surface area contributed by atoms with Crippen molar-refractivity contribution < 1.29 is 4.79 Å². The molecule has 1 aromatic carbocycles. The van der Waals surface area contributed by atoms with Crippen LogP contribution in [-0.2, 0) is 4.79 Å². The van der Waals surface area contributed by atoms with Crippen LogP contribution in [0.15, 0.2) is 30.3 Å². The first-order valence-corrected chi connectivity index (χ1v) is 7.74. The number of halogens is 1. The number of nitrogens with zero attached hydrogens (tertiary/aromatic N) is 1. The van der Waals surface area contributed by atoms with E-state index in [0.29, 0.717) is 0 Å². The Morgan fingerprint density at radius 2 is 1.94 bits per heavy atom. The summed E-state index contributed by atoms with van der Waals surface area (Å²) < 4.78 is 0. The molecule has 1 aromatic rings. The highest BCUT2D eigenvalue weighted by atomic mass is 79.9. The van der Waals surface area contributed by atoms with Crippen LogP contribution in [0.1, 0.15) is 31.2 Å². The van der Waals surface area contributed by atoms with Crippen LogP contribution in [-0.4, -0.2) is 29.2 Å². The van der Waals surface area contributed by atoms with E-state index in [1.165, 1.54) is 0 Å². The van der Waals surface area contributed by atoms with Gasteiger partial charge in [0.15, 0.2) is 0 Å². The summed E-state index contributed by atoms with van der Waals surface area (Å²) in [5.41, 5.74) is 1.12. The van der Waals surface area contributed by atoms with E-state index in [1.54, 1.807) is 0 Å². The maximum Gasteiger partial charge on any atom is 0.229 e. The first-order valence-electron chi connectivity index (χ1n) is 6.62. The molecule has 1 amide bonds. The van der Waals surface area contributed by atoms with Gasteiger partial charge in [-0.3, -0.25) is 4.79 Å². The molecule has 2 rings (SSSR count). The monoisotopic (exact) mass is 309 g/mol. The Morgan fingerprint density at radius 3 is 2.50 bits per heavy atom. The van der Waals surface area contributed by atoms with E-state index in [9.17, 15) is 4.79 Å². The van der Waals surface area contributed by atoms with E-state index in [2.05, 4.69) is 15.9 Å². The second-order valence-corrected chi connectivity index (χ2v) is 5.70. The number of benzene rings is 1. The van der Waals surface area contributed by atoms with E-state index in [4.69, 9.17) is 0 Å². The SMILES string of the molecule is CC(C(=O)N1CCC(CBr)CC1)c1ccccc1. The topological polar surface area (TPSA) is 20.3 Å². The Labute approximate surface area is 117 Å². The third-order valence-electron chi connectivity index (χ3n) is 3.81. The number of rotatable bonds is 3. The van der Waals surface area contributed by atoms with Crippen molar-refractivity contribution in [1.29, 1.82) is 0 Å². The molecule has 1 aliphatic heterocycles. The summed E-state index contributed by atoms with van der Waals surface area (Å²) in [5, 5.41) is 1.06. The third kappa shape index (κ3) is 3.14. The molecular formula is C15H20BrNO. The van der Waals surface area contributed by atoms with Gasteiger partial charge in [0.25, 0.3) is 0 Å². The van der Waals surface area contributed by atoms with Gasteiger partial charge in [-0.05, 0) is 31.2 Å². The quantitative estimate of drug-likeness (QED) is 0.783. The lowest BCUT2D eigenvalue weighted by molar-refractivity contribution is -0.133. The summed E-state index contributed by atoms with van der Waals surface area (Å²) in [6.45, 7) is 3.83. The Bertz CT molecular complexity index is 385. The highest BCUT2D eigenvalue weighted by Gasteiger charge is 2.26. The van der Waals surface area contributed by atoms with Crippen LogP contribution in [0.4, 0.5) is 0 Å². The summed E-state index contributed by atoms with van der Waals surface area (Å²) in [6.07, 6.45) is 2.25. The molecule has 0 N–H and O–H groups in total. The number of piperidine rings is 1. The van der Waals surface area contributed by atoms with Gasteiger partial charge in [-0.15, -0.1) is 0 Å². The summed E-state index contributed by atoms with van der Waals surface area (Å²) in [4.78, 5) is 14.4. The summed E-state index contributed by atoms with van der Waals surface area (Å²) in [5.74, 6) is 0.988. The van der Waals surface area contributed by atoms with E-state index in [0.717, 1.165) is 42.7 Å². The number of carbonyl (C=O) groups excluding carboxylic acids is 1. The Kier molecular flexibility index (Phi) is 4.81. The largest absolute Gasteiger partial charge is 0.342 e. The standard InChI is InChI=1S/C15H20BrNO/c1-12(14-5-3-2-4-6-14)15(18)17-9-7-13(11-16)8-10-17/h2-6,12-13H,7-11H2,1H3. The molecule has 0 radical (unpaired) electrons. The second kappa shape index (κ2) is 6.37. The van der Waals surface area contributed by atoms with Crippen molar-refractivity contribution in [2.24, 2.45) is 5.92 Å². The van der Waals surface area contributed by atoms with Gasteiger partial charge < -0.3 is 4.90 Å². The number of amides is 1. The van der Waals surface area contributed by atoms with Gasteiger partial charge >= 0.3 is 0 Å². The first kappa shape index (κ1) is 13.6. The van der Waals surface area contributed by atoms with Gasteiger partial charge in [0.1, 0.15) is 0 Å². The van der Waals surface area contributed by atoms with Crippen molar-refractivity contribution >= 4 is 21.8 Å². The maximum atomic E-state index is 12.4. The molecule has 0 saturated carbocycles. The number of hydrogen-bond donors (Lipinski definition) is 0. The molecule has 0 aromatic heterocycles. The van der Waals surface area contributed by atoms with Crippen molar-refractivity contribution in [3.8, 4) is 0 Å². The molecule has 1 aliphatic rings. The smallest absolute Gasteiger partial charge is 0.229 e. The van der Waals surface area contributed by atoms with Crippen molar-refractivity contribution in [2.45, 2.75) is 25.7 Å². The first-order chi connectivity index (χ1) is 8.72. The average molecular weight is 310 g/mol. The molecule has 3 heteroatoms. The molecule has 1 atom stereocenters. The van der Waals surface area contributed by atoms with E-state index in [1.807, 2.05) is 42.2 Å². The van der Waals surface area contributed by atoms with Gasteiger partial charge in [-0.25, -0.2) is 0 Å². The fourth-order valence-corrected chi connectivity index (χ4v) is 3.11. The van der Waals surface area contributed by atoms with Gasteiger partial charge in [0.05, 0.1) is 5.92 Å². The zero-order valence-corrected chi connectivity index (χ0v) is 12.4. The molecule has 0 bridgehead atoms. The zero-order chi connectivity index (χ0) is 13.0. The minimum absolute atomic E-state index is 0.0216. The van der Waals surface area contributed by atoms with Crippen LogP contribution >= 0.6 is 15.9 Å². The number of likely N-dealkylation sites (tertiary alicyclic amines) is 1. The molecule has 1 saturated heterocycles. The van der Waals surface area contributed by atoms with Crippen LogP contribution in [0.25, 0.3) is 0 Å². The maximum absolute atomic E-state index is 12.4. The predicted molar refractivity (Wildman–Crippen MR) is 78.0 cm³/mol. The zero-order valence-electron chi connectivity index (χ0n) is 10.8. The number of alkyl halides is 1. The Morgan fingerprint density at radius 1 is 1.33 bits per heavy atom. The van der Waals surface area contributed by atoms with E-state index >= 15 is 0 Å². The Hall–Kier alpha value is -0.830. The average Bonchev–Trinajstić information content (AvgIpc) is 2.47. The van der Waals surface area contributed by atoms with Crippen molar-refractivity contribution in [3.05, 3.63) is 35.9 Å². The number of carbonyl (C=O) groups is 1. The molecule has 0 aliphatic carbocycles. The van der Waals surface area contributed by atoms with Crippen LogP contribution in [0, 0.1) is 5.92 Å². The normalized spacial score (nSPS) is 18.7. The fraction of sp³-hybridized carbons (Fsp3) is 0.533. The highest BCUT2D eigenvalue weighted by Crippen LogP contribution is 2.23.